The van der Waals surface area contributed by atoms with Gasteiger partial charge < -0.3 is 0 Å². The molecule has 1 saturated heterocycles. The van der Waals surface area contributed by atoms with Crippen molar-refractivity contribution in [3.05, 3.63) is 53.3 Å². The van der Waals surface area contributed by atoms with Gasteiger partial charge in [-0.15, -0.1) is 0 Å². The number of nitrogens with one attached hydrogen (secondary N) is 1. The monoisotopic (exact) mass is 426 g/mol. The number of rotatable bonds is 5. The van der Waals surface area contributed by atoms with Crippen LogP contribution in [0.25, 0.3) is 0 Å². The first-order valence-corrected chi connectivity index (χ1v) is 11.9. The summed E-state index contributed by atoms with van der Waals surface area (Å²) < 4.78 is 68.5. The highest BCUT2D eigenvalue weighted by atomic mass is 32.2. The molecule has 152 valence electrons. The third kappa shape index (κ3) is 4.21. The van der Waals surface area contributed by atoms with E-state index in [2.05, 4.69) is 4.72 Å². The van der Waals surface area contributed by atoms with Gasteiger partial charge in [-0.2, -0.15) is 4.31 Å². The van der Waals surface area contributed by atoms with Gasteiger partial charge in [0.1, 0.15) is 5.82 Å². The van der Waals surface area contributed by atoms with Crippen molar-refractivity contribution in [2.24, 2.45) is 0 Å². The molecule has 1 fully saturated rings. The van der Waals surface area contributed by atoms with E-state index in [9.17, 15) is 21.2 Å². The molecule has 3 rings (SSSR count). The van der Waals surface area contributed by atoms with Crippen molar-refractivity contribution in [3.63, 3.8) is 0 Å². The number of nitrogens with zero attached hydrogens (tertiary/aromatic N) is 1. The zero-order valence-electron chi connectivity index (χ0n) is 15.8. The van der Waals surface area contributed by atoms with E-state index in [-0.39, 0.29) is 21.0 Å². The minimum Gasteiger partial charge on any atom is -0.280 e. The number of hydrogen-bond donors (Lipinski definition) is 1. The Labute approximate surface area is 165 Å². The molecule has 2 aromatic rings. The van der Waals surface area contributed by atoms with Crippen LogP contribution in [-0.2, 0) is 20.0 Å². The van der Waals surface area contributed by atoms with Crippen LogP contribution in [0.2, 0.25) is 0 Å². The molecule has 6 nitrogen and oxygen atoms in total. The molecular weight excluding hydrogens is 403 g/mol. The maximum Gasteiger partial charge on any atom is 0.262 e. The van der Waals surface area contributed by atoms with E-state index < -0.39 is 25.9 Å². The summed E-state index contributed by atoms with van der Waals surface area (Å²) in [5.74, 6) is -0.526. The Hall–Kier alpha value is -1.97. The molecule has 28 heavy (non-hydrogen) atoms. The Bertz CT molecular complexity index is 1090. The topological polar surface area (TPSA) is 83.5 Å². The van der Waals surface area contributed by atoms with Crippen LogP contribution in [0.3, 0.4) is 0 Å². The lowest BCUT2D eigenvalue weighted by molar-refractivity contribution is 0.346. The molecule has 0 radical (unpaired) electrons. The summed E-state index contributed by atoms with van der Waals surface area (Å²) in [4.78, 5) is 0.0281. The molecule has 0 saturated carbocycles. The molecule has 9 heteroatoms. The number of aryl methyl sites for hydroxylation is 2. The van der Waals surface area contributed by atoms with Gasteiger partial charge in [0.2, 0.25) is 10.0 Å². The lowest BCUT2D eigenvalue weighted by Crippen LogP contribution is -2.36. The van der Waals surface area contributed by atoms with Gasteiger partial charge in [-0.3, -0.25) is 4.72 Å². The minimum atomic E-state index is -3.99. The van der Waals surface area contributed by atoms with E-state index in [1.807, 2.05) is 0 Å². The molecule has 0 aromatic heterocycles. The fourth-order valence-electron chi connectivity index (χ4n) is 3.31. The average molecular weight is 427 g/mol. The van der Waals surface area contributed by atoms with Crippen LogP contribution in [0.1, 0.15) is 30.4 Å². The van der Waals surface area contributed by atoms with Gasteiger partial charge in [0.15, 0.2) is 0 Å². The highest BCUT2D eigenvalue weighted by Gasteiger charge is 2.28. The maximum atomic E-state index is 13.3. The fourth-order valence-corrected chi connectivity index (χ4v) is 6.36. The summed E-state index contributed by atoms with van der Waals surface area (Å²) in [5, 5.41) is 0. The van der Waals surface area contributed by atoms with E-state index >= 15 is 0 Å². The summed E-state index contributed by atoms with van der Waals surface area (Å²) in [6.45, 7) is 4.11. The van der Waals surface area contributed by atoms with E-state index in [1.54, 1.807) is 13.0 Å². The van der Waals surface area contributed by atoms with Crippen molar-refractivity contribution >= 4 is 25.7 Å². The zero-order valence-corrected chi connectivity index (χ0v) is 17.4. The highest BCUT2D eigenvalue weighted by molar-refractivity contribution is 7.92. The molecule has 0 amide bonds. The van der Waals surface area contributed by atoms with Gasteiger partial charge in [0.05, 0.1) is 15.5 Å². The molecule has 0 atom stereocenters. The predicted octanol–water partition coefficient (Wildman–Crippen LogP) is 3.42. The van der Waals surface area contributed by atoms with E-state index in [0.29, 0.717) is 18.7 Å². The summed E-state index contributed by atoms with van der Waals surface area (Å²) in [7, 11) is -7.69. The predicted molar refractivity (Wildman–Crippen MR) is 106 cm³/mol. The first kappa shape index (κ1) is 20.8. The Kier molecular flexibility index (Phi) is 5.79. The Morgan fingerprint density at radius 2 is 1.54 bits per heavy atom. The number of hydrogen-bond acceptors (Lipinski definition) is 4. The van der Waals surface area contributed by atoms with Gasteiger partial charge >= 0.3 is 0 Å². The van der Waals surface area contributed by atoms with Gasteiger partial charge in [-0.05, 0) is 68.1 Å². The van der Waals surface area contributed by atoms with Crippen LogP contribution in [0, 0.1) is 19.7 Å². The van der Waals surface area contributed by atoms with E-state index in [4.69, 9.17) is 0 Å². The average Bonchev–Trinajstić information content (AvgIpc) is 2.63. The molecule has 0 aliphatic carbocycles. The first-order valence-electron chi connectivity index (χ1n) is 9.01. The lowest BCUT2D eigenvalue weighted by Gasteiger charge is -2.26. The van der Waals surface area contributed by atoms with Crippen molar-refractivity contribution in [2.45, 2.75) is 42.9 Å². The highest BCUT2D eigenvalue weighted by Crippen LogP contribution is 2.27. The Morgan fingerprint density at radius 1 is 0.857 bits per heavy atom. The van der Waals surface area contributed by atoms with Gasteiger partial charge in [-0.1, -0.05) is 12.5 Å². The molecule has 0 spiro atoms. The van der Waals surface area contributed by atoms with Crippen LogP contribution in [0.15, 0.2) is 46.2 Å². The number of halogens is 1. The van der Waals surface area contributed by atoms with Crippen LogP contribution in [0.4, 0.5) is 10.1 Å². The standard InChI is InChI=1S/C19H23FN2O4S2/c1-14-6-8-17(13-19(14)28(25,26)22-10-4-3-5-11-22)21-27(23,24)18-9-7-16(20)12-15(18)2/h6-9,12-13,21H,3-5,10-11H2,1-2H3. The SMILES string of the molecule is Cc1cc(F)ccc1S(=O)(=O)Nc1ccc(C)c(S(=O)(=O)N2CCCCC2)c1. The maximum absolute atomic E-state index is 13.3. The second kappa shape index (κ2) is 7.81. The fraction of sp³-hybridized carbons (Fsp3) is 0.368. The van der Waals surface area contributed by atoms with Gasteiger partial charge in [0, 0.05) is 13.1 Å². The van der Waals surface area contributed by atoms with Crippen LogP contribution in [0.5, 0.6) is 0 Å². The van der Waals surface area contributed by atoms with Crippen molar-refractivity contribution in [2.75, 3.05) is 17.8 Å². The number of anilines is 1. The quantitative estimate of drug-likeness (QED) is 0.794. The van der Waals surface area contributed by atoms with Gasteiger partial charge in [0.25, 0.3) is 10.0 Å². The number of benzene rings is 2. The molecular formula is C19H23FN2O4S2. The summed E-state index contributed by atoms with van der Waals surface area (Å²) >= 11 is 0. The normalized spacial score (nSPS) is 16.1. The van der Waals surface area contributed by atoms with Crippen molar-refractivity contribution in [3.8, 4) is 0 Å². The minimum absolute atomic E-state index is 0.0603. The van der Waals surface area contributed by atoms with Crippen molar-refractivity contribution in [1.82, 2.24) is 4.31 Å². The van der Waals surface area contributed by atoms with E-state index in [1.165, 1.54) is 29.4 Å². The van der Waals surface area contributed by atoms with Crippen LogP contribution >= 0.6 is 0 Å². The summed E-state index contributed by atoms with van der Waals surface area (Å²) in [6, 6.07) is 7.83. The summed E-state index contributed by atoms with van der Waals surface area (Å²) in [6.07, 6.45) is 2.63. The Morgan fingerprint density at radius 3 is 2.18 bits per heavy atom. The van der Waals surface area contributed by atoms with Crippen molar-refractivity contribution < 1.29 is 21.2 Å². The molecule has 1 heterocycles. The zero-order chi connectivity index (χ0) is 20.5. The van der Waals surface area contributed by atoms with Gasteiger partial charge in [-0.25, -0.2) is 21.2 Å². The Balaban J connectivity index is 1.95. The molecule has 1 aliphatic heterocycles. The van der Waals surface area contributed by atoms with E-state index in [0.717, 1.165) is 31.4 Å². The van der Waals surface area contributed by atoms with Crippen molar-refractivity contribution in [1.29, 1.82) is 0 Å². The second-order valence-electron chi connectivity index (χ2n) is 6.96. The number of piperidine rings is 1. The second-order valence-corrected chi connectivity index (χ2v) is 10.5. The molecule has 1 aliphatic rings. The van der Waals surface area contributed by atoms with Crippen LogP contribution in [-0.4, -0.2) is 34.2 Å². The smallest absolute Gasteiger partial charge is 0.262 e. The molecule has 2 aromatic carbocycles. The first-order chi connectivity index (χ1) is 13.1. The third-order valence-corrected chi connectivity index (χ3v) is 8.38. The van der Waals surface area contributed by atoms with Crippen LogP contribution < -0.4 is 4.72 Å². The summed E-state index contributed by atoms with van der Waals surface area (Å²) in [5.41, 5.74) is 0.956. The largest absolute Gasteiger partial charge is 0.280 e. The lowest BCUT2D eigenvalue weighted by atomic mass is 10.2. The molecule has 0 bridgehead atoms. The number of sulfonamides is 2. The molecule has 0 unspecified atom stereocenters. The molecule has 1 N–H and O–H groups in total. The third-order valence-electron chi connectivity index (χ3n) is 4.80.